The Kier molecular flexibility index (Phi) is 2.91. The molecule has 2 aromatic carbocycles. The Hall–Kier alpha value is -2.07. The first-order valence-electron chi connectivity index (χ1n) is 7.52. The van der Waals surface area contributed by atoms with Gasteiger partial charge >= 0.3 is 0 Å². The van der Waals surface area contributed by atoms with E-state index < -0.39 is 5.72 Å². The van der Waals surface area contributed by atoms with E-state index in [1.807, 2.05) is 18.2 Å². The second kappa shape index (κ2) is 4.71. The molecule has 2 atom stereocenters. The van der Waals surface area contributed by atoms with E-state index in [0.29, 0.717) is 0 Å². The highest BCUT2D eigenvalue weighted by Crippen LogP contribution is 2.45. The summed E-state index contributed by atoms with van der Waals surface area (Å²) < 4.78 is 6.36. The molecule has 2 bridgehead atoms. The van der Waals surface area contributed by atoms with Crippen LogP contribution < -0.4 is 15.0 Å². The lowest BCUT2D eigenvalue weighted by molar-refractivity contribution is 0.0498. The van der Waals surface area contributed by atoms with E-state index in [4.69, 9.17) is 17.0 Å². The van der Waals surface area contributed by atoms with E-state index in [1.165, 1.54) is 11.1 Å². The molecule has 0 amide bonds. The zero-order valence-corrected chi connectivity index (χ0v) is 13.5. The van der Waals surface area contributed by atoms with Gasteiger partial charge in [-0.05, 0) is 44.3 Å². The second-order valence-electron chi connectivity index (χ2n) is 6.19. The van der Waals surface area contributed by atoms with Crippen LogP contribution >= 0.6 is 12.2 Å². The van der Waals surface area contributed by atoms with Crippen molar-refractivity contribution in [3.63, 3.8) is 0 Å². The second-order valence-corrected chi connectivity index (χ2v) is 6.58. The maximum atomic E-state index is 6.36. The molecule has 1 N–H and O–H groups in total. The molecular formula is C18H18N2OS. The van der Waals surface area contributed by atoms with Crippen LogP contribution in [0, 0.1) is 6.92 Å². The molecule has 0 radical (unpaired) electrons. The summed E-state index contributed by atoms with van der Waals surface area (Å²) in [4.78, 5) is 2.09. The minimum Gasteiger partial charge on any atom is -0.467 e. The van der Waals surface area contributed by atoms with Gasteiger partial charge in [-0.2, -0.15) is 0 Å². The highest BCUT2D eigenvalue weighted by molar-refractivity contribution is 7.80. The molecule has 2 heterocycles. The van der Waals surface area contributed by atoms with Crippen LogP contribution in [0.2, 0.25) is 0 Å². The molecule has 0 spiro atoms. The van der Waals surface area contributed by atoms with Gasteiger partial charge in [-0.3, -0.25) is 4.90 Å². The van der Waals surface area contributed by atoms with Gasteiger partial charge in [-0.15, -0.1) is 0 Å². The Balaban J connectivity index is 1.80. The molecule has 3 nitrogen and oxygen atoms in total. The fraction of sp³-hybridized carbons (Fsp3) is 0.278. The predicted molar refractivity (Wildman–Crippen MR) is 92.2 cm³/mol. The predicted octanol–water partition coefficient (Wildman–Crippen LogP) is 3.93. The number of hydrogen-bond donors (Lipinski definition) is 1. The van der Waals surface area contributed by atoms with E-state index in [9.17, 15) is 0 Å². The van der Waals surface area contributed by atoms with Crippen molar-refractivity contribution < 1.29 is 4.74 Å². The average molecular weight is 310 g/mol. The highest BCUT2D eigenvalue weighted by atomic mass is 32.1. The topological polar surface area (TPSA) is 24.5 Å². The number of anilines is 1. The van der Waals surface area contributed by atoms with Crippen LogP contribution in [0.3, 0.4) is 0 Å². The molecular weight excluding hydrogens is 292 g/mol. The largest absolute Gasteiger partial charge is 0.467 e. The lowest BCUT2D eigenvalue weighted by atomic mass is 9.90. The molecule has 0 saturated carbocycles. The highest BCUT2D eigenvalue weighted by Gasteiger charge is 2.48. The molecule has 22 heavy (non-hydrogen) atoms. The summed E-state index contributed by atoms with van der Waals surface area (Å²) in [5.41, 5.74) is 3.02. The van der Waals surface area contributed by atoms with Crippen molar-refractivity contribution in [2.24, 2.45) is 0 Å². The lowest BCUT2D eigenvalue weighted by Gasteiger charge is -2.52. The summed E-state index contributed by atoms with van der Waals surface area (Å²) in [6.07, 6.45) is 0.859. The lowest BCUT2D eigenvalue weighted by Crippen LogP contribution is -2.65. The van der Waals surface area contributed by atoms with Crippen LogP contribution in [0.15, 0.2) is 48.5 Å². The quantitative estimate of drug-likeness (QED) is 0.807. The smallest absolute Gasteiger partial charge is 0.188 e. The Morgan fingerprint density at radius 1 is 1.18 bits per heavy atom. The van der Waals surface area contributed by atoms with Crippen molar-refractivity contribution in [1.82, 2.24) is 5.32 Å². The Bertz CT molecular complexity index is 743. The van der Waals surface area contributed by atoms with Gasteiger partial charge in [0.15, 0.2) is 10.8 Å². The molecule has 0 aliphatic carbocycles. The Labute approximate surface area is 135 Å². The van der Waals surface area contributed by atoms with Gasteiger partial charge in [0.05, 0.1) is 6.04 Å². The molecule has 1 fully saturated rings. The van der Waals surface area contributed by atoms with Crippen LogP contribution in [-0.2, 0) is 0 Å². The molecule has 112 valence electrons. The van der Waals surface area contributed by atoms with Crippen LogP contribution in [0.5, 0.6) is 5.75 Å². The summed E-state index contributed by atoms with van der Waals surface area (Å²) in [6.45, 7) is 4.20. The number of hydrogen-bond acceptors (Lipinski definition) is 2. The zero-order valence-electron chi connectivity index (χ0n) is 12.7. The minimum absolute atomic E-state index is 0.212. The molecule has 1 saturated heterocycles. The summed E-state index contributed by atoms with van der Waals surface area (Å²) in [5.74, 6) is 0.938. The van der Waals surface area contributed by atoms with Crippen molar-refractivity contribution in [1.29, 1.82) is 0 Å². The first kappa shape index (κ1) is 13.6. The van der Waals surface area contributed by atoms with Crippen LogP contribution in [0.1, 0.15) is 30.5 Å². The van der Waals surface area contributed by atoms with Crippen molar-refractivity contribution in [2.75, 3.05) is 4.90 Å². The van der Waals surface area contributed by atoms with Gasteiger partial charge in [0, 0.05) is 17.7 Å². The summed E-state index contributed by atoms with van der Waals surface area (Å²) in [6, 6.07) is 16.8. The number of aryl methyl sites for hydroxylation is 1. The number of ether oxygens (including phenoxy) is 1. The average Bonchev–Trinajstić information content (AvgIpc) is 2.48. The van der Waals surface area contributed by atoms with E-state index in [0.717, 1.165) is 23.0 Å². The maximum absolute atomic E-state index is 6.36. The van der Waals surface area contributed by atoms with Gasteiger partial charge in [0.2, 0.25) is 0 Å². The molecule has 2 aromatic rings. The van der Waals surface area contributed by atoms with Gasteiger partial charge in [-0.25, -0.2) is 0 Å². The van der Waals surface area contributed by atoms with Crippen molar-refractivity contribution >= 4 is 23.0 Å². The molecule has 4 rings (SSSR count). The van der Waals surface area contributed by atoms with Crippen LogP contribution in [-0.4, -0.2) is 10.8 Å². The van der Waals surface area contributed by atoms with Crippen molar-refractivity contribution in [3.8, 4) is 5.75 Å². The zero-order chi connectivity index (χ0) is 15.3. The van der Waals surface area contributed by atoms with Gasteiger partial charge in [0.25, 0.3) is 0 Å². The molecule has 4 heteroatoms. The number of para-hydroxylation sites is 1. The number of fused-ring (bicyclic) bond motifs is 4. The van der Waals surface area contributed by atoms with E-state index >= 15 is 0 Å². The van der Waals surface area contributed by atoms with Gasteiger partial charge in [-0.1, -0.05) is 35.9 Å². The third-order valence-electron chi connectivity index (χ3n) is 4.47. The van der Waals surface area contributed by atoms with E-state index in [2.05, 4.69) is 54.4 Å². The number of nitrogens with one attached hydrogen (secondary N) is 1. The molecule has 2 aliphatic rings. The SMILES string of the molecule is Cc1ccc(N2C(=S)N[C@@H]3C[C@@]2(C)Oc2ccccc23)cc1. The molecule has 0 aromatic heterocycles. The number of thiocarbonyl (C=S) groups is 1. The number of nitrogens with zero attached hydrogens (tertiary/aromatic N) is 1. The molecule has 0 unspecified atom stereocenters. The van der Waals surface area contributed by atoms with Crippen LogP contribution in [0.4, 0.5) is 5.69 Å². The Morgan fingerprint density at radius 2 is 1.91 bits per heavy atom. The van der Waals surface area contributed by atoms with Crippen LogP contribution in [0.25, 0.3) is 0 Å². The normalized spacial score (nSPS) is 26.0. The van der Waals surface area contributed by atoms with E-state index in [-0.39, 0.29) is 6.04 Å². The number of rotatable bonds is 1. The summed E-state index contributed by atoms with van der Waals surface area (Å²) in [5, 5.41) is 4.19. The van der Waals surface area contributed by atoms with Gasteiger partial charge in [0.1, 0.15) is 5.75 Å². The summed E-state index contributed by atoms with van der Waals surface area (Å²) in [7, 11) is 0. The third-order valence-corrected chi connectivity index (χ3v) is 4.77. The maximum Gasteiger partial charge on any atom is 0.188 e. The third kappa shape index (κ3) is 1.98. The summed E-state index contributed by atoms with van der Waals surface area (Å²) >= 11 is 5.63. The first-order chi connectivity index (χ1) is 10.6. The molecule has 2 aliphatic heterocycles. The first-order valence-corrected chi connectivity index (χ1v) is 7.93. The van der Waals surface area contributed by atoms with Crippen molar-refractivity contribution in [3.05, 3.63) is 59.7 Å². The fourth-order valence-corrected chi connectivity index (χ4v) is 3.85. The van der Waals surface area contributed by atoms with Gasteiger partial charge < -0.3 is 10.1 Å². The standard InChI is InChI=1S/C18H18N2OS/c1-12-7-9-13(10-8-12)20-17(22)19-15-11-18(20,2)21-16-6-4-3-5-14(15)16/h3-10,15H,11H2,1-2H3,(H,19,22)/t15-,18-/m1/s1. The monoisotopic (exact) mass is 310 g/mol. The number of benzene rings is 2. The fourth-order valence-electron chi connectivity index (χ4n) is 3.41. The minimum atomic E-state index is -0.462. The Morgan fingerprint density at radius 3 is 2.68 bits per heavy atom. The van der Waals surface area contributed by atoms with Crippen molar-refractivity contribution in [2.45, 2.75) is 32.0 Å². The van der Waals surface area contributed by atoms with E-state index in [1.54, 1.807) is 0 Å².